The summed E-state index contributed by atoms with van der Waals surface area (Å²) in [4.78, 5) is 26.1. The van der Waals surface area contributed by atoms with E-state index in [-0.39, 0.29) is 17.7 Å². The maximum Gasteiger partial charge on any atom is 0.225 e. The van der Waals surface area contributed by atoms with Gasteiger partial charge in [0.05, 0.1) is 25.3 Å². The lowest BCUT2D eigenvalue weighted by atomic mass is 9.96. The highest BCUT2D eigenvalue weighted by Gasteiger charge is 2.29. The Morgan fingerprint density at radius 2 is 2.11 bits per heavy atom. The Balaban J connectivity index is 1.48. The number of benzene rings is 1. The number of hydrogen-bond donors (Lipinski definition) is 1. The van der Waals surface area contributed by atoms with E-state index in [0.717, 1.165) is 5.56 Å². The van der Waals surface area contributed by atoms with Crippen LogP contribution in [0.1, 0.15) is 24.0 Å². The molecule has 1 fully saturated rings. The van der Waals surface area contributed by atoms with Crippen LogP contribution in [0, 0.1) is 5.92 Å². The van der Waals surface area contributed by atoms with Crippen LogP contribution in [-0.2, 0) is 27.4 Å². The lowest BCUT2D eigenvalue weighted by Crippen LogP contribution is -2.46. The Kier molecular flexibility index (Phi) is 6.59. The molecule has 0 radical (unpaired) electrons. The maximum atomic E-state index is 12.5. The molecule has 1 aromatic carbocycles. The van der Waals surface area contributed by atoms with Gasteiger partial charge in [-0.3, -0.25) is 14.3 Å². The summed E-state index contributed by atoms with van der Waals surface area (Å²) in [5.41, 5.74) is 2.14. The first kappa shape index (κ1) is 19.1. The van der Waals surface area contributed by atoms with Gasteiger partial charge in [-0.25, -0.2) is 0 Å². The quantitative estimate of drug-likeness (QED) is 0.763. The molecule has 144 valence electrons. The molecule has 7 heteroatoms. The van der Waals surface area contributed by atoms with E-state index in [1.807, 2.05) is 29.1 Å². The van der Waals surface area contributed by atoms with Gasteiger partial charge in [-0.15, -0.1) is 0 Å². The predicted molar refractivity (Wildman–Crippen MR) is 101 cm³/mol. The molecule has 0 saturated carbocycles. The molecule has 2 heterocycles. The maximum absolute atomic E-state index is 12.5. The topological polar surface area (TPSA) is 76.5 Å². The molecule has 0 unspecified atom stereocenters. The van der Waals surface area contributed by atoms with Crippen molar-refractivity contribution in [2.24, 2.45) is 5.92 Å². The third-order valence-corrected chi connectivity index (χ3v) is 4.78. The number of carbonyl (C=O) groups is 2. The molecule has 1 aliphatic rings. The number of rotatable bonds is 8. The lowest BCUT2D eigenvalue weighted by molar-refractivity contribution is -0.138. The van der Waals surface area contributed by atoms with Crippen LogP contribution >= 0.6 is 0 Å². The number of amides is 2. The molecule has 0 aliphatic carbocycles. The van der Waals surface area contributed by atoms with E-state index >= 15 is 0 Å². The number of ether oxygens (including phenoxy) is 1. The second-order valence-corrected chi connectivity index (χ2v) is 6.82. The van der Waals surface area contributed by atoms with Crippen LogP contribution in [0.15, 0.2) is 42.7 Å². The van der Waals surface area contributed by atoms with E-state index < -0.39 is 0 Å². The van der Waals surface area contributed by atoms with Gasteiger partial charge in [0.15, 0.2) is 0 Å². The first-order valence-electron chi connectivity index (χ1n) is 9.25. The van der Waals surface area contributed by atoms with Crippen molar-refractivity contribution in [3.05, 3.63) is 53.9 Å². The fourth-order valence-electron chi connectivity index (χ4n) is 3.23. The normalized spacial score (nSPS) is 17.1. The van der Waals surface area contributed by atoms with Gasteiger partial charge in [-0.2, -0.15) is 5.10 Å². The summed E-state index contributed by atoms with van der Waals surface area (Å²) in [6.07, 6.45) is 4.74. The van der Waals surface area contributed by atoms with E-state index in [2.05, 4.69) is 22.5 Å². The Bertz CT molecular complexity index is 760. The summed E-state index contributed by atoms with van der Waals surface area (Å²) in [5.74, 6) is -0.0852. The van der Waals surface area contributed by atoms with Crippen LogP contribution in [0.5, 0.6) is 0 Å². The second-order valence-electron chi connectivity index (χ2n) is 6.82. The molecule has 3 rings (SSSR count). The molecule has 27 heavy (non-hydrogen) atoms. The number of nitrogens with one attached hydrogen (secondary N) is 1. The number of likely N-dealkylation sites (tertiary alicyclic amines) is 1. The minimum Gasteiger partial charge on any atom is -0.383 e. The monoisotopic (exact) mass is 370 g/mol. The Morgan fingerprint density at radius 3 is 2.89 bits per heavy atom. The van der Waals surface area contributed by atoms with E-state index in [4.69, 9.17) is 4.74 Å². The fourth-order valence-corrected chi connectivity index (χ4v) is 3.23. The van der Waals surface area contributed by atoms with Crippen molar-refractivity contribution in [3.63, 3.8) is 0 Å². The zero-order valence-electron chi connectivity index (χ0n) is 15.6. The average molecular weight is 370 g/mol. The first-order chi connectivity index (χ1) is 13.2. The highest BCUT2D eigenvalue weighted by Crippen LogP contribution is 2.18. The van der Waals surface area contributed by atoms with Crippen LogP contribution in [0.3, 0.4) is 0 Å². The van der Waals surface area contributed by atoms with Gasteiger partial charge < -0.3 is 15.0 Å². The number of aromatic nitrogens is 2. The third-order valence-electron chi connectivity index (χ3n) is 4.78. The molecule has 1 saturated heterocycles. The molecular formula is C20H26N4O3. The minimum atomic E-state index is -0.168. The smallest absolute Gasteiger partial charge is 0.225 e. The molecule has 2 amide bonds. The number of methoxy groups -OCH3 is 1. The fraction of sp³-hybridized carbons (Fsp3) is 0.450. The van der Waals surface area contributed by atoms with Crippen LogP contribution in [-0.4, -0.2) is 53.3 Å². The van der Waals surface area contributed by atoms with E-state index in [0.29, 0.717) is 45.6 Å². The molecule has 7 nitrogen and oxygen atoms in total. The first-order valence-corrected chi connectivity index (χ1v) is 9.25. The van der Waals surface area contributed by atoms with Crippen molar-refractivity contribution >= 4 is 11.8 Å². The van der Waals surface area contributed by atoms with Gasteiger partial charge in [-0.05, 0) is 12.0 Å². The van der Waals surface area contributed by atoms with E-state index in [1.165, 1.54) is 5.56 Å². The summed E-state index contributed by atoms with van der Waals surface area (Å²) in [6, 6.07) is 10.1. The number of hydrogen-bond acceptors (Lipinski definition) is 4. The summed E-state index contributed by atoms with van der Waals surface area (Å²) < 4.78 is 6.90. The van der Waals surface area contributed by atoms with Crippen molar-refractivity contribution in [2.45, 2.75) is 25.9 Å². The van der Waals surface area contributed by atoms with Crippen molar-refractivity contribution in [2.75, 3.05) is 26.8 Å². The highest BCUT2D eigenvalue weighted by atomic mass is 16.5. The van der Waals surface area contributed by atoms with Crippen molar-refractivity contribution in [3.8, 4) is 0 Å². The summed E-state index contributed by atoms with van der Waals surface area (Å²) in [7, 11) is 1.61. The minimum absolute atomic E-state index is 0.0132. The van der Waals surface area contributed by atoms with Gasteiger partial charge >= 0.3 is 0 Å². The van der Waals surface area contributed by atoms with Gasteiger partial charge in [0.2, 0.25) is 11.8 Å². The van der Waals surface area contributed by atoms with Crippen molar-refractivity contribution in [1.29, 1.82) is 0 Å². The van der Waals surface area contributed by atoms with E-state index in [1.54, 1.807) is 18.2 Å². The highest BCUT2D eigenvalue weighted by molar-refractivity contribution is 5.83. The van der Waals surface area contributed by atoms with Gasteiger partial charge in [0.1, 0.15) is 0 Å². The van der Waals surface area contributed by atoms with Gasteiger partial charge in [-0.1, -0.05) is 30.3 Å². The lowest BCUT2D eigenvalue weighted by Gasteiger charge is -2.31. The van der Waals surface area contributed by atoms with Crippen LogP contribution < -0.4 is 5.32 Å². The molecule has 1 N–H and O–H groups in total. The molecule has 0 spiro atoms. The Hall–Kier alpha value is -2.67. The molecule has 2 aromatic rings. The Labute approximate surface area is 159 Å². The molecule has 1 atom stereocenters. The zero-order chi connectivity index (χ0) is 19.1. The molecule has 1 aliphatic heterocycles. The van der Waals surface area contributed by atoms with Crippen molar-refractivity contribution < 1.29 is 14.3 Å². The average Bonchev–Trinajstić information content (AvgIpc) is 3.13. The molecular weight excluding hydrogens is 344 g/mol. The molecule has 1 aromatic heterocycles. The van der Waals surface area contributed by atoms with Crippen LogP contribution in [0.25, 0.3) is 0 Å². The second kappa shape index (κ2) is 9.32. The number of nitrogens with zero attached hydrogens (tertiary/aromatic N) is 3. The van der Waals surface area contributed by atoms with Gasteiger partial charge in [0, 0.05) is 44.9 Å². The van der Waals surface area contributed by atoms with Crippen molar-refractivity contribution in [1.82, 2.24) is 20.0 Å². The number of piperidine rings is 1. The number of carbonyl (C=O) groups excluding carboxylic acids is 2. The summed E-state index contributed by atoms with van der Waals surface area (Å²) in [5, 5.41) is 7.33. The molecule has 0 bridgehead atoms. The largest absolute Gasteiger partial charge is 0.383 e. The third kappa shape index (κ3) is 5.40. The SMILES string of the molecule is COCCN1C[C@@H](C(=O)NCc2cnn(Cc3ccccc3)c2)CCC1=O. The standard InChI is InChI=1S/C20H26N4O3/c1-27-10-9-23-15-18(7-8-19(23)25)20(26)21-11-17-12-22-24(14-17)13-16-5-3-2-4-6-16/h2-6,12,14,18H,7-11,13,15H2,1H3,(H,21,26)/t18-/m0/s1. The summed E-state index contributed by atoms with van der Waals surface area (Å²) in [6.45, 7) is 2.62. The van der Waals surface area contributed by atoms with Gasteiger partial charge in [0.25, 0.3) is 0 Å². The van der Waals surface area contributed by atoms with E-state index in [9.17, 15) is 9.59 Å². The zero-order valence-corrected chi connectivity index (χ0v) is 15.6. The Morgan fingerprint density at radius 1 is 1.30 bits per heavy atom. The summed E-state index contributed by atoms with van der Waals surface area (Å²) >= 11 is 0. The van der Waals surface area contributed by atoms with Crippen LogP contribution in [0.4, 0.5) is 0 Å². The predicted octanol–water partition coefficient (Wildman–Crippen LogP) is 1.43. The van der Waals surface area contributed by atoms with Crippen LogP contribution in [0.2, 0.25) is 0 Å².